The number of hydrogen-bond acceptors (Lipinski definition) is 2. The maximum atomic E-state index is 6.25. The first-order chi connectivity index (χ1) is 7.12. The average Bonchev–Trinajstić information content (AvgIpc) is 2.23. The summed E-state index contributed by atoms with van der Waals surface area (Å²) in [6, 6.07) is 0. The molecule has 0 aliphatic heterocycles. The molecular weight excluding hydrogens is 186 g/mol. The standard InChI is InChI=1S/C13H27NO/c1-5-12(3)15-13(10-14-4)8-6-11(2)7-9-13/h11-12,14H,5-10H2,1-4H3. The Balaban J connectivity index is 2.54. The first-order valence-electron chi connectivity index (χ1n) is 6.44. The molecule has 0 heterocycles. The van der Waals surface area contributed by atoms with Gasteiger partial charge in [0, 0.05) is 6.54 Å². The molecule has 15 heavy (non-hydrogen) atoms. The van der Waals surface area contributed by atoms with Crippen molar-refractivity contribution in [3.8, 4) is 0 Å². The number of rotatable bonds is 5. The monoisotopic (exact) mass is 213 g/mol. The van der Waals surface area contributed by atoms with Crippen LogP contribution in [-0.2, 0) is 4.74 Å². The molecule has 0 aromatic rings. The number of nitrogens with one attached hydrogen (secondary N) is 1. The highest BCUT2D eigenvalue weighted by molar-refractivity contribution is 4.88. The zero-order valence-electron chi connectivity index (χ0n) is 10.8. The predicted octanol–water partition coefficient (Wildman–Crippen LogP) is 2.97. The molecular formula is C13H27NO. The van der Waals surface area contributed by atoms with Gasteiger partial charge in [-0.05, 0) is 52.0 Å². The molecule has 1 fully saturated rings. The van der Waals surface area contributed by atoms with Crippen LogP contribution in [0.2, 0.25) is 0 Å². The van der Waals surface area contributed by atoms with Gasteiger partial charge in [-0.15, -0.1) is 0 Å². The Morgan fingerprint density at radius 1 is 1.40 bits per heavy atom. The minimum absolute atomic E-state index is 0.122. The Kier molecular flexibility index (Phi) is 5.07. The van der Waals surface area contributed by atoms with E-state index in [2.05, 4.69) is 26.1 Å². The summed E-state index contributed by atoms with van der Waals surface area (Å²) in [5.74, 6) is 0.885. The summed E-state index contributed by atoms with van der Waals surface area (Å²) in [6.45, 7) is 7.75. The second-order valence-corrected chi connectivity index (χ2v) is 5.23. The van der Waals surface area contributed by atoms with Gasteiger partial charge in [-0.1, -0.05) is 13.8 Å². The van der Waals surface area contributed by atoms with Crippen molar-refractivity contribution < 1.29 is 4.74 Å². The molecule has 1 atom stereocenters. The molecule has 1 saturated carbocycles. The van der Waals surface area contributed by atoms with Crippen molar-refractivity contribution in [2.75, 3.05) is 13.6 Å². The van der Waals surface area contributed by atoms with Crippen LogP contribution in [0.15, 0.2) is 0 Å². The van der Waals surface area contributed by atoms with E-state index in [1.54, 1.807) is 0 Å². The fourth-order valence-electron chi connectivity index (χ4n) is 2.46. The largest absolute Gasteiger partial charge is 0.371 e. The van der Waals surface area contributed by atoms with Crippen molar-refractivity contribution in [1.82, 2.24) is 5.32 Å². The van der Waals surface area contributed by atoms with Gasteiger partial charge >= 0.3 is 0 Å². The van der Waals surface area contributed by atoms with Gasteiger partial charge in [-0.2, -0.15) is 0 Å². The highest BCUT2D eigenvalue weighted by Gasteiger charge is 2.35. The summed E-state index contributed by atoms with van der Waals surface area (Å²) in [6.07, 6.45) is 6.59. The lowest BCUT2D eigenvalue weighted by Gasteiger charge is -2.41. The molecule has 1 N–H and O–H groups in total. The van der Waals surface area contributed by atoms with Crippen molar-refractivity contribution in [3.05, 3.63) is 0 Å². The quantitative estimate of drug-likeness (QED) is 0.758. The second-order valence-electron chi connectivity index (χ2n) is 5.23. The van der Waals surface area contributed by atoms with Gasteiger partial charge in [0.05, 0.1) is 11.7 Å². The summed E-state index contributed by atoms with van der Waals surface area (Å²) >= 11 is 0. The lowest BCUT2D eigenvalue weighted by molar-refractivity contribution is -0.111. The topological polar surface area (TPSA) is 21.3 Å². The molecule has 90 valence electrons. The fraction of sp³-hybridized carbons (Fsp3) is 1.00. The van der Waals surface area contributed by atoms with Crippen LogP contribution in [0.25, 0.3) is 0 Å². The van der Waals surface area contributed by atoms with Crippen LogP contribution in [-0.4, -0.2) is 25.3 Å². The van der Waals surface area contributed by atoms with Crippen LogP contribution in [0.4, 0.5) is 0 Å². The van der Waals surface area contributed by atoms with E-state index in [4.69, 9.17) is 4.74 Å². The van der Waals surface area contributed by atoms with Crippen LogP contribution < -0.4 is 5.32 Å². The van der Waals surface area contributed by atoms with E-state index in [0.717, 1.165) is 18.9 Å². The first-order valence-corrected chi connectivity index (χ1v) is 6.44. The van der Waals surface area contributed by atoms with Gasteiger partial charge in [-0.3, -0.25) is 0 Å². The maximum absolute atomic E-state index is 6.25. The number of likely N-dealkylation sites (N-methyl/N-ethyl adjacent to an activating group) is 1. The lowest BCUT2D eigenvalue weighted by atomic mass is 9.79. The molecule has 0 spiro atoms. The smallest absolute Gasteiger partial charge is 0.0809 e. The van der Waals surface area contributed by atoms with Crippen molar-refractivity contribution in [2.24, 2.45) is 5.92 Å². The maximum Gasteiger partial charge on any atom is 0.0809 e. The molecule has 1 unspecified atom stereocenters. The Bertz CT molecular complexity index is 173. The molecule has 1 aliphatic carbocycles. The summed E-state index contributed by atoms with van der Waals surface area (Å²) in [4.78, 5) is 0. The molecule has 0 amide bonds. The Hall–Kier alpha value is -0.0800. The van der Waals surface area contributed by atoms with E-state index in [-0.39, 0.29) is 5.60 Å². The van der Waals surface area contributed by atoms with Gasteiger partial charge < -0.3 is 10.1 Å². The van der Waals surface area contributed by atoms with Crippen molar-refractivity contribution in [2.45, 2.75) is 64.6 Å². The van der Waals surface area contributed by atoms with E-state index in [1.807, 2.05) is 7.05 Å². The molecule has 2 heteroatoms. The summed E-state index contributed by atoms with van der Waals surface area (Å²) in [5.41, 5.74) is 0.122. The van der Waals surface area contributed by atoms with Crippen LogP contribution in [0, 0.1) is 5.92 Å². The number of ether oxygens (including phenoxy) is 1. The van der Waals surface area contributed by atoms with Gasteiger partial charge in [-0.25, -0.2) is 0 Å². The second kappa shape index (κ2) is 5.86. The highest BCUT2D eigenvalue weighted by atomic mass is 16.5. The van der Waals surface area contributed by atoms with E-state index < -0.39 is 0 Å². The zero-order valence-corrected chi connectivity index (χ0v) is 10.8. The van der Waals surface area contributed by atoms with Crippen molar-refractivity contribution in [3.63, 3.8) is 0 Å². The van der Waals surface area contributed by atoms with Crippen molar-refractivity contribution in [1.29, 1.82) is 0 Å². The SMILES string of the molecule is CCC(C)OC1(CNC)CCC(C)CC1. The van der Waals surface area contributed by atoms with Crippen LogP contribution >= 0.6 is 0 Å². The molecule has 0 aromatic carbocycles. The predicted molar refractivity (Wildman–Crippen MR) is 65.1 cm³/mol. The summed E-state index contributed by atoms with van der Waals surface area (Å²) in [7, 11) is 2.03. The van der Waals surface area contributed by atoms with Crippen LogP contribution in [0.1, 0.15) is 52.9 Å². The normalized spacial score (nSPS) is 34.0. The number of hydrogen-bond donors (Lipinski definition) is 1. The lowest BCUT2D eigenvalue weighted by Crippen LogP contribution is -2.46. The summed E-state index contributed by atoms with van der Waals surface area (Å²) < 4.78 is 6.25. The van der Waals surface area contributed by atoms with Gasteiger partial charge in [0.25, 0.3) is 0 Å². The van der Waals surface area contributed by atoms with Crippen molar-refractivity contribution >= 4 is 0 Å². The minimum atomic E-state index is 0.122. The average molecular weight is 213 g/mol. The molecule has 1 rings (SSSR count). The molecule has 2 nitrogen and oxygen atoms in total. The summed E-state index contributed by atoms with van der Waals surface area (Å²) in [5, 5.41) is 3.30. The third kappa shape index (κ3) is 3.76. The Morgan fingerprint density at radius 3 is 2.47 bits per heavy atom. The van der Waals surface area contributed by atoms with E-state index in [0.29, 0.717) is 6.10 Å². The Morgan fingerprint density at radius 2 is 2.00 bits per heavy atom. The molecule has 1 aliphatic rings. The zero-order chi connectivity index (χ0) is 11.3. The van der Waals surface area contributed by atoms with Crippen LogP contribution in [0.3, 0.4) is 0 Å². The van der Waals surface area contributed by atoms with Gasteiger partial charge in [0.15, 0.2) is 0 Å². The third-order valence-corrected chi connectivity index (χ3v) is 3.71. The Labute approximate surface area is 94.8 Å². The molecule has 0 saturated heterocycles. The van der Waals surface area contributed by atoms with Gasteiger partial charge in [0.2, 0.25) is 0 Å². The fourth-order valence-corrected chi connectivity index (χ4v) is 2.46. The van der Waals surface area contributed by atoms with Crippen LogP contribution in [0.5, 0.6) is 0 Å². The molecule has 0 bridgehead atoms. The molecule has 0 aromatic heterocycles. The molecule has 0 radical (unpaired) electrons. The minimum Gasteiger partial charge on any atom is -0.371 e. The third-order valence-electron chi connectivity index (χ3n) is 3.71. The van der Waals surface area contributed by atoms with E-state index >= 15 is 0 Å². The van der Waals surface area contributed by atoms with Gasteiger partial charge in [0.1, 0.15) is 0 Å². The van der Waals surface area contributed by atoms with E-state index in [1.165, 1.54) is 25.7 Å². The highest BCUT2D eigenvalue weighted by Crippen LogP contribution is 2.35. The van der Waals surface area contributed by atoms with E-state index in [9.17, 15) is 0 Å². The first kappa shape index (κ1) is 13.0.